The van der Waals surface area contributed by atoms with Crippen LogP contribution in [0.5, 0.6) is 0 Å². The van der Waals surface area contributed by atoms with Crippen molar-refractivity contribution in [1.29, 1.82) is 0 Å². The van der Waals surface area contributed by atoms with E-state index in [0.717, 1.165) is 0 Å². The monoisotopic (exact) mass is 166 g/mol. The molecule has 0 saturated carbocycles. The van der Waals surface area contributed by atoms with Crippen molar-refractivity contribution < 1.29 is 4.43 Å². The van der Waals surface area contributed by atoms with Crippen LogP contribution in [0.2, 0.25) is 13.1 Å². The average molecular weight is 167 g/mol. The van der Waals surface area contributed by atoms with E-state index >= 15 is 0 Å². The maximum Gasteiger partial charge on any atom is 0.201 e. The van der Waals surface area contributed by atoms with Crippen LogP contribution in [-0.4, -0.2) is 19.9 Å². The Kier molecular flexibility index (Phi) is 3.78. The Balaban J connectivity index is 3.58. The molecule has 0 aromatic heterocycles. The zero-order chi connectivity index (χ0) is 7.49. The van der Waals surface area contributed by atoms with Crippen molar-refractivity contribution in [2.75, 3.05) is 5.50 Å². The van der Waals surface area contributed by atoms with E-state index in [1.54, 1.807) is 0 Å². The molecular formula is C6H15ClOSi. The van der Waals surface area contributed by atoms with Crippen molar-refractivity contribution in [1.82, 2.24) is 0 Å². The highest BCUT2D eigenvalue weighted by Crippen LogP contribution is 2.08. The molecular weight excluding hydrogens is 152 g/mol. The summed E-state index contributed by atoms with van der Waals surface area (Å²) in [7, 11) is -1.47. The molecule has 0 heterocycles. The quantitative estimate of drug-likeness (QED) is 0.462. The molecule has 0 fully saturated rings. The van der Waals surface area contributed by atoms with Gasteiger partial charge in [0.1, 0.15) is 0 Å². The summed E-state index contributed by atoms with van der Waals surface area (Å²) in [6, 6.07) is 0. The Hall–Kier alpha value is 0.467. The van der Waals surface area contributed by atoms with Crippen molar-refractivity contribution in [2.24, 2.45) is 0 Å². The number of halogens is 1. The summed E-state index contributed by atoms with van der Waals surface area (Å²) in [6.45, 7) is 8.34. The van der Waals surface area contributed by atoms with Crippen LogP contribution < -0.4 is 0 Å². The summed E-state index contributed by atoms with van der Waals surface area (Å²) in [5.41, 5.74) is 0.686. The van der Waals surface area contributed by atoms with Gasteiger partial charge in [-0.3, -0.25) is 0 Å². The van der Waals surface area contributed by atoms with E-state index in [1.807, 2.05) is 13.8 Å². The molecule has 9 heavy (non-hydrogen) atoms. The molecule has 3 heteroatoms. The molecule has 0 radical (unpaired) electrons. The first-order valence-corrected chi connectivity index (χ1v) is 6.87. The van der Waals surface area contributed by atoms with E-state index in [-0.39, 0.29) is 0 Å². The molecule has 0 aliphatic carbocycles. The van der Waals surface area contributed by atoms with Gasteiger partial charge < -0.3 is 4.43 Å². The molecule has 0 aliphatic rings. The Bertz CT molecular complexity index is 83.1. The van der Waals surface area contributed by atoms with Crippen molar-refractivity contribution in [3.05, 3.63) is 0 Å². The molecule has 0 spiro atoms. The summed E-state index contributed by atoms with van der Waals surface area (Å²) in [4.78, 5) is 0. The van der Waals surface area contributed by atoms with Crippen LogP contribution in [0, 0.1) is 0 Å². The molecule has 0 aromatic carbocycles. The Labute approximate surface area is 63.5 Å². The van der Waals surface area contributed by atoms with Crippen LogP contribution in [0.1, 0.15) is 13.8 Å². The van der Waals surface area contributed by atoms with Gasteiger partial charge in [-0.25, -0.2) is 0 Å². The highest BCUT2D eigenvalue weighted by Gasteiger charge is 2.21. The molecule has 0 unspecified atom stereocenters. The average Bonchev–Trinajstić information content (AvgIpc) is 1.63. The first kappa shape index (κ1) is 9.47. The third kappa shape index (κ3) is 4.94. The van der Waals surface area contributed by atoms with Crippen molar-refractivity contribution in [3.8, 4) is 0 Å². The van der Waals surface area contributed by atoms with Crippen LogP contribution in [0.3, 0.4) is 0 Å². The molecule has 0 N–H and O–H groups in total. The van der Waals surface area contributed by atoms with Crippen molar-refractivity contribution >= 4 is 19.9 Å². The topological polar surface area (TPSA) is 9.23 Å². The van der Waals surface area contributed by atoms with Gasteiger partial charge in [-0.1, -0.05) is 0 Å². The highest BCUT2D eigenvalue weighted by molar-refractivity contribution is 6.77. The standard InChI is InChI=1S/C6H15ClOSi/c1-6(2)8-9(3,4)5-7/h6H,5H2,1-4H3. The minimum absolute atomic E-state index is 0.324. The van der Waals surface area contributed by atoms with Crippen molar-refractivity contribution in [2.45, 2.75) is 33.0 Å². The second-order valence-corrected chi connectivity index (χ2v) is 7.88. The molecule has 0 aromatic rings. The van der Waals surface area contributed by atoms with E-state index in [2.05, 4.69) is 13.1 Å². The van der Waals surface area contributed by atoms with Crippen LogP contribution in [-0.2, 0) is 4.43 Å². The van der Waals surface area contributed by atoms with Crippen LogP contribution in [0.25, 0.3) is 0 Å². The molecule has 0 amide bonds. The Morgan fingerprint density at radius 1 is 1.44 bits per heavy atom. The summed E-state index contributed by atoms with van der Waals surface area (Å²) >= 11 is 5.67. The van der Waals surface area contributed by atoms with E-state index in [1.165, 1.54) is 0 Å². The van der Waals surface area contributed by atoms with Gasteiger partial charge in [-0.2, -0.15) is 0 Å². The maximum atomic E-state index is 5.67. The summed E-state index contributed by atoms with van der Waals surface area (Å²) in [5.74, 6) is 0. The molecule has 0 saturated heterocycles. The van der Waals surface area contributed by atoms with E-state index in [0.29, 0.717) is 11.6 Å². The fraction of sp³-hybridized carbons (Fsp3) is 1.00. The van der Waals surface area contributed by atoms with Gasteiger partial charge in [0.15, 0.2) is 0 Å². The first-order valence-electron chi connectivity index (χ1n) is 3.22. The number of hydrogen-bond donors (Lipinski definition) is 0. The maximum absolute atomic E-state index is 5.67. The fourth-order valence-electron chi connectivity index (χ4n) is 0.670. The predicted molar refractivity (Wildman–Crippen MR) is 44.4 cm³/mol. The SMILES string of the molecule is CC(C)O[Si](C)(C)CCl. The van der Waals surface area contributed by atoms with Gasteiger partial charge in [-0.15, -0.1) is 11.6 Å². The predicted octanol–water partition coefficient (Wildman–Crippen LogP) is 2.39. The highest BCUT2D eigenvalue weighted by atomic mass is 35.5. The normalized spacial score (nSPS) is 12.7. The lowest BCUT2D eigenvalue weighted by Gasteiger charge is -2.22. The third-order valence-electron chi connectivity index (χ3n) is 0.877. The molecule has 56 valence electrons. The van der Waals surface area contributed by atoms with E-state index < -0.39 is 8.32 Å². The van der Waals surface area contributed by atoms with E-state index in [4.69, 9.17) is 16.0 Å². The summed E-state index contributed by atoms with van der Waals surface area (Å²) in [5, 5.41) is 0. The van der Waals surface area contributed by atoms with Gasteiger partial charge >= 0.3 is 0 Å². The van der Waals surface area contributed by atoms with Gasteiger partial charge in [0.2, 0.25) is 8.32 Å². The first-order chi connectivity index (χ1) is 3.98. The van der Waals surface area contributed by atoms with Gasteiger partial charge in [0.25, 0.3) is 0 Å². The van der Waals surface area contributed by atoms with Crippen LogP contribution in [0.15, 0.2) is 0 Å². The Morgan fingerprint density at radius 2 is 1.89 bits per heavy atom. The number of rotatable bonds is 3. The van der Waals surface area contributed by atoms with Crippen molar-refractivity contribution in [3.63, 3.8) is 0 Å². The molecule has 0 bridgehead atoms. The smallest absolute Gasteiger partial charge is 0.201 e. The third-order valence-corrected chi connectivity index (χ3v) is 4.56. The number of hydrogen-bond acceptors (Lipinski definition) is 1. The lowest BCUT2D eigenvalue weighted by molar-refractivity contribution is 0.234. The summed E-state index contributed by atoms with van der Waals surface area (Å²) < 4.78 is 5.59. The minimum Gasteiger partial charge on any atom is -0.414 e. The van der Waals surface area contributed by atoms with Gasteiger partial charge in [0.05, 0.1) is 0 Å². The molecule has 0 aliphatic heterocycles. The van der Waals surface area contributed by atoms with E-state index in [9.17, 15) is 0 Å². The molecule has 1 nitrogen and oxygen atoms in total. The zero-order valence-corrected chi connectivity index (χ0v) is 8.33. The van der Waals surface area contributed by atoms with Gasteiger partial charge in [-0.05, 0) is 26.9 Å². The molecule has 0 atom stereocenters. The van der Waals surface area contributed by atoms with Crippen LogP contribution >= 0.6 is 11.6 Å². The summed E-state index contributed by atoms with van der Waals surface area (Å²) in [6.07, 6.45) is 0.324. The lowest BCUT2D eigenvalue weighted by Crippen LogP contribution is -2.35. The largest absolute Gasteiger partial charge is 0.414 e. The van der Waals surface area contributed by atoms with Crippen LogP contribution in [0.4, 0.5) is 0 Å². The fourth-order valence-corrected chi connectivity index (χ4v) is 2.20. The second-order valence-electron chi connectivity index (χ2n) is 3.06. The second kappa shape index (κ2) is 3.59. The Morgan fingerprint density at radius 3 is 2.00 bits per heavy atom. The lowest BCUT2D eigenvalue weighted by atomic mass is 10.5. The number of alkyl halides is 1. The zero-order valence-electron chi connectivity index (χ0n) is 6.57. The van der Waals surface area contributed by atoms with Gasteiger partial charge in [0, 0.05) is 11.6 Å². The molecule has 0 rings (SSSR count). The minimum atomic E-state index is -1.47.